The Morgan fingerprint density at radius 1 is 1.20 bits per heavy atom. The van der Waals surface area contributed by atoms with Gasteiger partial charge in [0, 0.05) is 30.8 Å². The number of hydrogen-bond acceptors (Lipinski definition) is 5. The average Bonchev–Trinajstić information content (AvgIpc) is 3.06. The van der Waals surface area contributed by atoms with Gasteiger partial charge in [-0.25, -0.2) is 0 Å². The summed E-state index contributed by atoms with van der Waals surface area (Å²) in [5.41, 5.74) is 0.901. The Balaban J connectivity index is 1.68. The molecule has 6 nitrogen and oxygen atoms in total. The Hall–Kier alpha value is -2.21. The summed E-state index contributed by atoms with van der Waals surface area (Å²) >= 11 is 0. The molecule has 1 saturated heterocycles. The first-order valence-corrected chi connectivity index (χ1v) is 6.38. The van der Waals surface area contributed by atoms with Gasteiger partial charge in [-0.1, -0.05) is 12.2 Å². The minimum atomic E-state index is -1.24. The number of hydrogen-bond donors (Lipinski definition) is 1. The van der Waals surface area contributed by atoms with Crippen molar-refractivity contribution in [1.82, 2.24) is 10.3 Å². The number of carbonyl (C=O) groups excluding carboxylic acids is 2. The standard InChI is InChI=1S/C14H14N2O4/c17-13(16-7-8-3-5-15-6-4-8)11-9-1-2-10(20-9)12(11)14(18)19/h1-6,9-12H,7H2,(H,16,17)(H,18,19)/p-1/t9-,10+,11+,12+/m1/s1. The molecule has 20 heavy (non-hydrogen) atoms. The number of aliphatic carboxylic acids is 1. The lowest BCUT2D eigenvalue weighted by Gasteiger charge is -2.24. The second-order valence-corrected chi connectivity index (χ2v) is 4.89. The van der Waals surface area contributed by atoms with Crippen molar-refractivity contribution in [2.24, 2.45) is 11.8 Å². The van der Waals surface area contributed by atoms with Crippen LogP contribution in [-0.2, 0) is 20.9 Å². The van der Waals surface area contributed by atoms with Crippen LogP contribution in [0.3, 0.4) is 0 Å². The molecule has 6 heteroatoms. The van der Waals surface area contributed by atoms with Crippen LogP contribution in [0, 0.1) is 11.8 Å². The van der Waals surface area contributed by atoms with Crippen LogP contribution in [0.4, 0.5) is 0 Å². The van der Waals surface area contributed by atoms with Crippen molar-refractivity contribution >= 4 is 11.9 Å². The zero-order chi connectivity index (χ0) is 14.1. The molecule has 2 aliphatic heterocycles. The molecule has 1 aromatic rings. The molecule has 1 fully saturated rings. The van der Waals surface area contributed by atoms with E-state index in [2.05, 4.69) is 10.3 Å². The number of fused-ring (bicyclic) bond motifs is 2. The number of carboxylic acid groups (broad SMARTS) is 1. The molecule has 3 rings (SSSR count). The van der Waals surface area contributed by atoms with Crippen molar-refractivity contribution in [2.75, 3.05) is 0 Å². The number of carboxylic acids is 1. The fraction of sp³-hybridized carbons (Fsp3) is 0.357. The first kappa shape index (κ1) is 12.8. The summed E-state index contributed by atoms with van der Waals surface area (Å²) in [6, 6.07) is 3.57. The second kappa shape index (κ2) is 5.05. The molecule has 1 amide bonds. The van der Waals surface area contributed by atoms with Crippen LogP contribution in [0.25, 0.3) is 0 Å². The highest BCUT2D eigenvalue weighted by Gasteiger charge is 2.50. The Labute approximate surface area is 115 Å². The van der Waals surface area contributed by atoms with E-state index in [4.69, 9.17) is 4.74 Å². The summed E-state index contributed by atoms with van der Waals surface area (Å²) in [5, 5.41) is 13.9. The molecule has 0 saturated carbocycles. The van der Waals surface area contributed by atoms with E-state index in [9.17, 15) is 14.7 Å². The van der Waals surface area contributed by atoms with Gasteiger partial charge in [-0.15, -0.1) is 0 Å². The summed E-state index contributed by atoms with van der Waals surface area (Å²) in [6.45, 7) is 0.332. The highest BCUT2D eigenvalue weighted by Crippen LogP contribution is 2.38. The molecule has 0 aliphatic carbocycles. The number of aromatic nitrogens is 1. The van der Waals surface area contributed by atoms with Crippen molar-refractivity contribution < 1.29 is 19.4 Å². The molecule has 1 aromatic heterocycles. The van der Waals surface area contributed by atoms with Crippen molar-refractivity contribution in [3.05, 3.63) is 42.2 Å². The minimum absolute atomic E-state index is 0.326. The minimum Gasteiger partial charge on any atom is -0.550 e. The number of rotatable bonds is 4. The molecular weight excluding hydrogens is 260 g/mol. The van der Waals surface area contributed by atoms with Crippen LogP contribution in [0.5, 0.6) is 0 Å². The lowest BCUT2D eigenvalue weighted by atomic mass is 9.82. The molecule has 104 valence electrons. The topological polar surface area (TPSA) is 91.3 Å². The van der Waals surface area contributed by atoms with E-state index in [0.717, 1.165) is 5.56 Å². The molecule has 1 N–H and O–H groups in total. The summed E-state index contributed by atoms with van der Waals surface area (Å²) in [4.78, 5) is 27.2. The first-order chi connectivity index (χ1) is 9.66. The Morgan fingerprint density at radius 2 is 1.85 bits per heavy atom. The van der Waals surface area contributed by atoms with Crippen molar-refractivity contribution in [1.29, 1.82) is 0 Å². The largest absolute Gasteiger partial charge is 0.550 e. The summed E-state index contributed by atoms with van der Waals surface area (Å²) in [5.74, 6) is -3.21. The van der Waals surface area contributed by atoms with Crippen LogP contribution in [0.2, 0.25) is 0 Å². The Bertz CT molecular complexity index is 558. The quantitative estimate of drug-likeness (QED) is 0.712. The highest BCUT2D eigenvalue weighted by molar-refractivity contribution is 5.86. The lowest BCUT2D eigenvalue weighted by molar-refractivity contribution is -0.313. The third-order valence-corrected chi connectivity index (χ3v) is 3.69. The van der Waals surface area contributed by atoms with Crippen LogP contribution in [-0.4, -0.2) is 29.1 Å². The monoisotopic (exact) mass is 273 g/mol. The molecular formula is C14H13N2O4-. The second-order valence-electron chi connectivity index (χ2n) is 4.89. The lowest BCUT2D eigenvalue weighted by Crippen LogP contribution is -2.46. The van der Waals surface area contributed by atoms with Gasteiger partial charge in [-0.05, 0) is 17.7 Å². The van der Waals surface area contributed by atoms with E-state index in [1.54, 1.807) is 36.7 Å². The Morgan fingerprint density at radius 3 is 2.50 bits per heavy atom. The first-order valence-electron chi connectivity index (χ1n) is 6.38. The maximum atomic E-state index is 12.2. The van der Waals surface area contributed by atoms with Gasteiger partial charge < -0.3 is 20.0 Å². The van der Waals surface area contributed by atoms with Gasteiger partial charge in [0.05, 0.1) is 18.1 Å². The van der Waals surface area contributed by atoms with Gasteiger partial charge in [-0.3, -0.25) is 9.78 Å². The number of carbonyl (C=O) groups is 2. The Kier molecular flexibility index (Phi) is 3.23. The van der Waals surface area contributed by atoms with Crippen molar-refractivity contribution in [3.63, 3.8) is 0 Å². The molecule has 3 heterocycles. The molecule has 0 unspecified atom stereocenters. The summed E-state index contributed by atoms with van der Waals surface area (Å²) in [7, 11) is 0. The number of amides is 1. The van der Waals surface area contributed by atoms with E-state index in [1.165, 1.54) is 0 Å². The van der Waals surface area contributed by atoms with Gasteiger partial charge >= 0.3 is 0 Å². The predicted octanol–water partition coefficient (Wildman–Crippen LogP) is -0.983. The molecule has 2 aliphatic rings. The van der Waals surface area contributed by atoms with Crippen LogP contribution < -0.4 is 10.4 Å². The number of ether oxygens (including phenoxy) is 1. The zero-order valence-electron chi connectivity index (χ0n) is 10.6. The van der Waals surface area contributed by atoms with Crippen LogP contribution in [0.1, 0.15) is 5.56 Å². The van der Waals surface area contributed by atoms with E-state index >= 15 is 0 Å². The smallest absolute Gasteiger partial charge is 0.227 e. The summed E-state index contributed by atoms with van der Waals surface area (Å²) in [6.07, 6.45) is 5.66. The fourth-order valence-corrected chi connectivity index (χ4v) is 2.71. The van der Waals surface area contributed by atoms with Crippen LogP contribution in [0.15, 0.2) is 36.7 Å². The third kappa shape index (κ3) is 2.18. The van der Waals surface area contributed by atoms with E-state index < -0.39 is 30.0 Å². The van der Waals surface area contributed by atoms with Crippen molar-refractivity contribution in [2.45, 2.75) is 18.8 Å². The molecule has 2 bridgehead atoms. The normalized spacial score (nSPS) is 30.4. The molecule has 0 spiro atoms. The number of nitrogens with one attached hydrogen (secondary N) is 1. The third-order valence-electron chi connectivity index (χ3n) is 3.69. The van der Waals surface area contributed by atoms with E-state index in [0.29, 0.717) is 6.54 Å². The average molecular weight is 273 g/mol. The summed E-state index contributed by atoms with van der Waals surface area (Å²) < 4.78 is 5.43. The maximum Gasteiger partial charge on any atom is 0.227 e. The number of nitrogens with zero attached hydrogens (tertiary/aromatic N) is 1. The van der Waals surface area contributed by atoms with Gasteiger partial charge in [0.2, 0.25) is 5.91 Å². The van der Waals surface area contributed by atoms with Crippen molar-refractivity contribution in [3.8, 4) is 0 Å². The fourth-order valence-electron chi connectivity index (χ4n) is 2.71. The van der Waals surface area contributed by atoms with E-state index in [-0.39, 0.29) is 5.91 Å². The number of pyridine rings is 1. The predicted molar refractivity (Wildman–Crippen MR) is 65.9 cm³/mol. The van der Waals surface area contributed by atoms with Gasteiger partial charge in [0.25, 0.3) is 0 Å². The van der Waals surface area contributed by atoms with E-state index in [1.807, 2.05) is 0 Å². The zero-order valence-corrected chi connectivity index (χ0v) is 10.6. The van der Waals surface area contributed by atoms with Gasteiger partial charge in [0.15, 0.2) is 0 Å². The molecule has 0 aromatic carbocycles. The molecule has 4 atom stereocenters. The SMILES string of the molecule is O=C([O-])[C@@H]1[C@@H](C(=O)NCc2ccncc2)[C@H]2C=C[C@@H]1O2. The highest BCUT2D eigenvalue weighted by atomic mass is 16.5. The molecule has 0 radical (unpaired) electrons. The maximum absolute atomic E-state index is 12.2. The van der Waals surface area contributed by atoms with Gasteiger partial charge in [0.1, 0.15) is 0 Å². The van der Waals surface area contributed by atoms with Crippen LogP contribution >= 0.6 is 0 Å². The van der Waals surface area contributed by atoms with Gasteiger partial charge in [-0.2, -0.15) is 0 Å².